The number of benzene rings is 1. The van der Waals surface area contributed by atoms with E-state index >= 15 is 0 Å². The molecule has 0 unspecified atom stereocenters. The molecule has 3 nitrogen and oxygen atoms in total. The van der Waals surface area contributed by atoms with E-state index in [1.165, 1.54) is 0 Å². The van der Waals surface area contributed by atoms with Gasteiger partial charge in [0.1, 0.15) is 0 Å². The zero-order valence-corrected chi connectivity index (χ0v) is 8.94. The van der Waals surface area contributed by atoms with Gasteiger partial charge in [-0.05, 0) is 12.1 Å². The number of anilines is 1. The van der Waals surface area contributed by atoms with Crippen molar-refractivity contribution in [2.45, 2.75) is 0 Å². The van der Waals surface area contributed by atoms with Crippen LogP contribution in [0.2, 0.25) is 0 Å². The fourth-order valence-corrected chi connectivity index (χ4v) is 1.20. The summed E-state index contributed by atoms with van der Waals surface area (Å²) in [4.78, 5) is 13.3. The molecule has 0 fully saturated rings. The summed E-state index contributed by atoms with van der Waals surface area (Å²) in [5.74, 6) is 0.0445. The molecular formula is C12H16N2O. The molecular weight excluding hydrogens is 188 g/mol. The number of rotatable bonds is 5. The molecule has 1 amide bonds. The van der Waals surface area contributed by atoms with Crippen molar-refractivity contribution >= 4 is 11.6 Å². The minimum atomic E-state index is 0.0445. The number of hydrogen-bond donors (Lipinski definition) is 1. The van der Waals surface area contributed by atoms with Crippen LogP contribution >= 0.6 is 0 Å². The SMILES string of the molecule is C=CCNCC(=O)N(C)c1ccccc1. The highest BCUT2D eigenvalue weighted by Crippen LogP contribution is 2.10. The number of nitrogens with one attached hydrogen (secondary N) is 1. The Morgan fingerprint density at radius 3 is 2.73 bits per heavy atom. The van der Waals surface area contributed by atoms with E-state index in [9.17, 15) is 4.79 Å². The fraction of sp³-hybridized carbons (Fsp3) is 0.250. The number of carbonyl (C=O) groups excluding carboxylic acids is 1. The first-order valence-electron chi connectivity index (χ1n) is 4.89. The zero-order valence-electron chi connectivity index (χ0n) is 8.94. The van der Waals surface area contributed by atoms with Crippen LogP contribution in [0.1, 0.15) is 0 Å². The Kier molecular flexibility index (Phi) is 4.57. The Labute approximate surface area is 90.4 Å². The second-order valence-electron chi connectivity index (χ2n) is 3.21. The van der Waals surface area contributed by atoms with Crippen LogP contribution < -0.4 is 10.2 Å². The molecule has 0 spiro atoms. The highest BCUT2D eigenvalue weighted by molar-refractivity contribution is 5.94. The van der Waals surface area contributed by atoms with E-state index in [1.54, 1.807) is 18.0 Å². The summed E-state index contributed by atoms with van der Waals surface area (Å²) in [6.07, 6.45) is 1.73. The summed E-state index contributed by atoms with van der Waals surface area (Å²) < 4.78 is 0. The number of para-hydroxylation sites is 1. The molecule has 0 saturated heterocycles. The summed E-state index contributed by atoms with van der Waals surface area (Å²) in [6, 6.07) is 9.57. The van der Waals surface area contributed by atoms with Crippen molar-refractivity contribution in [2.24, 2.45) is 0 Å². The molecule has 1 N–H and O–H groups in total. The van der Waals surface area contributed by atoms with E-state index in [1.807, 2.05) is 30.3 Å². The van der Waals surface area contributed by atoms with Crippen LogP contribution in [0.3, 0.4) is 0 Å². The predicted molar refractivity (Wildman–Crippen MR) is 62.9 cm³/mol. The molecule has 0 aliphatic rings. The van der Waals surface area contributed by atoms with Gasteiger partial charge < -0.3 is 10.2 Å². The minimum absolute atomic E-state index is 0.0445. The molecule has 0 bridgehead atoms. The van der Waals surface area contributed by atoms with Gasteiger partial charge >= 0.3 is 0 Å². The van der Waals surface area contributed by atoms with E-state index in [4.69, 9.17) is 0 Å². The van der Waals surface area contributed by atoms with Crippen molar-refractivity contribution in [3.8, 4) is 0 Å². The highest BCUT2D eigenvalue weighted by Gasteiger charge is 2.08. The van der Waals surface area contributed by atoms with Gasteiger partial charge in [0.2, 0.25) is 5.91 Å². The van der Waals surface area contributed by atoms with E-state index in [0.717, 1.165) is 5.69 Å². The molecule has 15 heavy (non-hydrogen) atoms. The van der Waals surface area contributed by atoms with Gasteiger partial charge in [-0.1, -0.05) is 24.3 Å². The van der Waals surface area contributed by atoms with Crippen molar-refractivity contribution in [3.63, 3.8) is 0 Å². The standard InChI is InChI=1S/C12H16N2O/c1-3-9-13-10-12(15)14(2)11-7-5-4-6-8-11/h3-8,13H,1,9-10H2,2H3. The van der Waals surface area contributed by atoms with Crippen molar-refractivity contribution in [2.75, 3.05) is 25.0 Å². The quantitative estimate of drug-likeness (QED) is 0.581. The third-order valence-corrected chi connectivity index (χ3v) is 2.08. The van der Waals surface area contributed by atoms with Crippen LogP contribution in [0, 0.1) is 0 Å². The Bertz CT molecular complexity index is 322. The third kappa shape index (κ3) is 3.56. The molecule has 0 atom stereocenters. The number of amides is 1. The van der Waals surface area contributed by atoms with Crippen molar-refractivity contribution in [3.05, 3.63) is 43.0 Å². The Balaban J connectivity index is 2.50. The Morgan fingerprint density at radius 2 is 2.13 bits per heavy atom. The minimum Gasteiger partial charge on any atom is -0.314 e. The second-order valence-corrected chi connectivity index (χ2v) is 3.21. The van der Waals surface area contributed by atoms with E-state index < -0.39 is 0 Å². The molecule has 3 heteroatoms. The number of carbonyl (C=O) groups is 1. The van der Waals surface area contributed by atoms with Crippen molar-refractivity contribution < 1.29 is 4.79 Å². The lowest BCUT2D eigenvalue weighted by Gasteiger charge is -2.17. The van der Waals surface area contributed by atoms with Crippen molar-refractivity contribution in [1.29, 1.82) is 0 Å². The average molecular weight is 204 g/mol. The molecule has 0 aliphatic carbocycles. The molecule has 0 aromatic heterocycles. The maximum atomic E-state index is 11.6. The predicted octanol–water partition coefficient (Wildman–Crippen LogP) is 1.42. The number of hydrogen-bond acceptors (Lipinski definition) is 2. The zero-order chi connectivity index (χ0) is 11.1. The van der Waals surface area contributed by atoms with Gasteiger partial charge in [0, 0.05) is 19.3 Å². The third-order valence-electron chi connectivity index (χ3n) is 2.08. The van der Waals surface area contributed by atoms with Gasteiger partial charge in [0.15, 0.2) is 0 Å². The number of likely N-dealkylation sites (N-methyl/N-ethyl adjacent to an activating group) is 1. The van der Waals surface area contributed by atoms with Crippen molar-refractivity contribution in [1.82, 2.24) is 5.32 Å². The van der Waals surface area contributed by atoms with Gasteiger partial charge in [-0.3, -0.25) is 4.79 Å². The van der Waals surface area contributed by atoms with Crippen LogP contribution in [0.5, 0.6) is 0 Å². The monoisotopic (exact) mass is 204 g/mol. The Morgan fingerprint density at radius 1 is 1.47 bits per heavy atom. The maximum absolute atomic E-state index is 11.6. The van der Waals surface area contributed by atoms with Gasteiger partial charge in [0.05, 0.1) is 6.54 Å². The molecule has 0 heterocycles. The first-order chi connectivity index (χ1) is 7.25. The molecule has 0 radical (unpaired) electrons. The van der Waals surface area contributed by atoms with E-state index in [2.05, 4.69) is 11.9 Å². The van der Waals surface area contributed by atoms with Crippen LogP contribution in [0.4, 0.5) is 5.69 Å². The topological polar surface area (TPSA) is 32.3 Å². The number of nitrogens with zero attached hydrogens (tertiary/aromatic N) is 1. The molecule has 1 aromatic rings. The first-order valence-corrected chi connectivity index (χ1v) is 4.89. The van der Waals surface area contributed by atoms with E-state index in [-0.39, 0.29) is 5.91 Å². The van der Waals surface area contributed by atoms with E-state index in [0.29, 0.717) is 13.1 Å². The van der Waals surface area contributed by atoms with Crippen LogP contribution in [0.25, 0.3) is 0 Å². The maximum Gasteiger partial charge on any atom is 0.240 e. The molecule has 0 saturated carbocycles. The van der Waals surface area contributed by atoms with Gasteiger partial charge in [-0.15, -0.1) is 6.58 Å². The molecule has 1 rings (SSSR count). The summed E-state index contributed by atoms with van der Waals surface area (Å²) in [5, 5.41) is 2.98. The van der Waals surface area contributed by atoms with Crippen LogP contribution in [-0.2, 0) is 4.79 Å². The smallest absolute Gasteiger partial charge is 0.240 e. The van der Waals surface area contributed by atoms with Crippen LogP contribution in [0.15, 0.2) is 43.0 Å². The molecule has 80 valence electrons. The molecule has 1 aromatic carbocycles. The van der Waals surface area contributed by atoms with Gasteiger partial charge in [-0.25, -0.2) is 0 Å². The fourth-order valence-electron chi connectivity index (χ4n) is 1.20. The lowest BCUT2D eigenvalue weighted by molar-refractivity contribution is -0.117. The summed E-state index contributed by atoms with van der Waals surface area (Å²) in [7, 11) is 1.77. The van der Waals surface area contributed by atoms with Gasteiger partial charge in [0.25, 0.3) is 0 Å². The largest absolute Gasteiger partial charge is 0.314 e. The normalized spacial score (nSPS) is 9.67. The summed E-state index contributed by atoms with van der Waals surface area (Å²) in [6.45, 7) is 4.55. The molecule has 0 aliphatic heterocycles. The average Bonchev–Trinajstić information content (AvgIpc) is 2.29. The lowest BCUT2D eigenvalue weighted by atomic mass is 10.3. The second kappa shape index (κ2) is 5.98. The summed E-state index contributed by atoms with van der Waals surface area (Å²) >= 11 is 0. The Hall–Kier alpha value is -1.61. The summed E-state index contributed by atoms with van der Waals surface area (Å²) in [5.41, 5.74) is 0.905. The highest BCUT2D eigenvalue weighted by atomic mass is 16.2. The lowest BCUT2D eigenvalue weighted by Crippen LogP contribution is -2.35. The van der Waals surface area contributed by atoms with Gasteiger partial charge in [-0.2, -0.15) is 0 Å². The van der Waals surface area contributed by atoms with Crippen LogP contribution in [-0.4, -0.2) is 26.0 Å². The first kappa shape index (κ1) is 11.5.